The van der Waals surface area contributed by atoms with Gasteiger partial charge in [-0.2, -0.15) is 0 Å². The summed E-state index contributed by atoms with van der Waals surface area (Å²) in [6, 6.07) is 1.90. The molecule has 0 aromatic heterocycles. The quantitative estimate of drug-likeness (QED) is 0.743. The summed E-state index contributed by atoms with van der Waals surface area (Å²) >= 11 is 0. The molecular formula is C15H28N2. The van der Waals surface area contributed by atoms with Crippen LogP contribution in [0.1, 0.15) is 46.0 Å². The van der Waals surface area contributed by atoms with E-state index in [4.69, 9.17) is 0 Å². The van der Waals surface area contributed by atoms with E-state index in [0.717, 1.165) is 23.9 Å². The fourth-order valence-corrected chi connectivity index (χ4v) is 4.35. The van der Waals surface area contributed by atoms with Gasteiger partial charge in [0.25, 0.3) is 0 Å². The van der Waals surface area contributed by atoms with Gasteiger partial charge < -0.3 is 4.90 Å². The molecule has 0 aromatic rings. The summed E-state index contributed by atoms with van der Waals surface area (Å²) in [5, 5.41) is 0. The minimum Gasteiger partial charge on any atom is -0.303 e. The summed E-state index contributed by atoms with van der Waals surface area (Å²) in [6.07, 6.45) is 7.33. The van der Waals surface area contributed by atoms with E-state index in [1.54, 1.807) is 0 Å². The molecule has 0 aromatic carbocycles. The number of fused-ring (bicyclic) bond motifs is 2. The van der Waals surface area contributed by atoms with E-state index in [1.807, 2.05) is 0 Å². The minimum atomic E-state index is 0.951. The van der Waals surface area contributed by atoms with Gasteiger partial charge in [0.2, 0.25) is 0 Å². The maximum absolute atomic E-state index is 2.74. The Balaban J connectivity index is 1.45. The van der Waals surface area contributed by atoms with Crippen molar-refractivity contribution in [1.82, 2.24) is 9.80 Å². The highest BCUT2D eigenvalue weighted by molar-refractivity contribution is 4.99. The molecule has 4 fully saturated rings. The molecule has 0 amide bonds. The molecule has 1 aliphatic carbocycles. The molecule has 2 bridgehead atoms. The molecule has 0 spiro atoms. The Labute approximate surface area is 106 Å². The average Bonchev–Trinajstić information content (AvgIpc) is 2.33. The van der Waals surface area contributed by atoms with E-state index in [0.29, 0.717) is 0 Å². The fourth-order valence-electron chi connectivity index (χ4n) is 4.35. The van der Waals surface area contributed by atoms with Gasteiger partial charge in [0.15, 0.2) is 0 Å². The smallest absolute Gasteiger partial charge is 0.0116 e. The van der Waals surface area contributed by atoms with Crippen LogP contribution >= 0.6 is 0 Å². The lowest BCUT2D eigenvalue weighted by Crippen LogP contribution is -2.61. The Hall–Kier alpha value is -0.0800. The zero-order chi connectivity index (χ0) is 11.8. The molecule has 0 radical (unpaired) electrons. The number of rotatable bonds is 3. The molecule has 3 saturated heterocycles. The van der Waals surface area contributed by atoms with Crippen molar-refractivity contribution in [3.8, 4) is 0 Å². The summed E-state index contributed by atoms with van der Waals surface area (Å²) < 4.78 is 0. The number of hydrogen-bond donors (Lipinski definition) is 0. The van der Waals surface area contributed by atoms with Gasteiger partial charge in [-0.15, -0.1) is 0 Å². The van der Waals surface area contributed by atoms with Gasteiger partial charge >= 0.3 is 0 Å². The summed E-state index contributed by atoms with van der Waals surface area (Å²) in [7, 11) is 0. The van der Waals surface area contributed by atoms with E-state index < -0.39 is 0 Å². The molecule has 98 valence electrons. The van der Waals surface area contributed by atoms with Crippen LogP contribution in [0.2, 0.25) is 0 Å². The Morgan fingerprint density at radius 3 is 2.24 bits per heavy atom. The van der Waals surface area contributed by atoms with Crippen LogP contribution in [0.15, 0.2) is 0 Å². The maximum Gasteiger partial charge on any atom is 0.0116 e. The number of nitrogens with zero attached hydrogens (tertiary/aromatic N) is 2. The Morgan fingerprint density at radius 1 is 1.00 bits per heavy atom. The van der Waals surface area contributed by atoms with Crippen LogP contribution in [0.3, 0.4) is 0 Å². The molecule has 3 aliphatic heterocycles. The molecule has 1 saturated carbocycles. The van der Waals surface area contributed by atoms with Crippen molar-refractivity contribution in [2.45, 2.75) is 58.0 Å². The lowest BCUT2D eigenvalue weighted by atomic mass is 9.73. The van der Waals surface area contributed by atoms with E-state index in [9.17, 15) is 0 Å². The van der Waals surface area contributed by atoms with E-state index in [-0.39, 0.29) is 0 Å². The molecule has 0 N–H and O–H groups in total. The van der Waals surface area contributed by atoms with Gasteiger partial charge in [-0.1, -0.05) is 13.8 Å². The van der Waals surface area contributed by atoms with Crippen molar-refractivity contribution in [2.24, 2.45) is 11.8 Å². The second-order valence-corrected chi connectivity index (χ2v) is 6.69. The van der Waals surface area contributed by atoms with E-state index >= 15 is 0 Å². The first kappa shape index (κ1) is 12.0. The summed E-state index contributed by atoms with van der Waals surface area (Å²) in [4.78, 5) is 5.47. The van der Waals surface area contributed by atoms with Crippen LogP contribution in [0.5, 0.6) is 0 Å². The first-order chi connectivity index (χ1) is 8.26. The maximum atomic E-state index is 2.74. The number of hydrogen-bond acceptors (Lipinski definition) is 2. The Kier molecular flexibility index (Phi) is 3.45. The van der Waals surface area contributed by atoms with Gasteiger partial charge in [0, 0.05) is 18.6 Å². The van der Waals surface area contributed by atoms with Crippen LogP contribution in [0.25, 0.3) is 0 Å². The van der Waals surface area contributed by atoms with Crippen molar-refractivity contribution in [2.75, 3.05) is 26.2 Å². The highest BCUT2D eigenvalue weighted by Crippen LogP contribution is 2.41. The number of piperidine rings is 2. The third-order valence-corrected chi connectivity index (χ3v) is 5.45. The highest BCUT2D eigenvalue weighted by Gasteiger charge is 2.44. The highest BCUT2D eigenvalue weighted by atomic mass is 15.3. The van der Waals surface area contributed by atoms with Crippen LogP contribution in [-0.4, -0.2) is 48.1 Å². The van der Waals surface area contributed by atoms with Crippen molar-refractivity contribution >= 4 is 0 Å². The number of likely N-dealkylation sites (tertiary alicyclic amines) is 1. The van der Waals surface area contributed by atoms with Gasteiger partial charge in [0.1, 0.15) is 0 Å². The predicted octanol–water partition coefficient (Wildman–Crippen LogP) is 2.59. The molecule has 4 rings (SSSR count). The lowest BCUT2D eigenvalue weighted by molar-refractivity contribution is -0.0549. The summed E-state index contributed by atoms with van der Waals surface area (Å²) in [5.74, 6) is 1.98. The summed E-state index contributed by atoms with van der Waals surface area (Å²) in [6.45, 7) is 10.1. The van der Waals surface area contributed by atoms with Crippen LogP contribution in [-0.2, 0) is 0 Å². The second kappa shape index (κ2) is 4.89. The molecular weight excluding hydrogens is 208 g/mol. The Bertz CT molecular complexity index is 246. The normalized spacial score (nSPS) is 40.2. The lowest BCUT2D eigenvalue weighted by Gasteiger charge is -2.56. The second-order valence-electron chi connectivity index (χ2n) is 6.69. The Morgan fingerprint density at radius 2 is 1.65 bits per heavy atom. The van der Waals surface area contributed by atoms with Crippen LogP contribution in [0, 0.1) is 11.8 Å². The first-order valence-electron chi connectivity index (χ1n) is 7.74. The first-order valence-corrected chi connectivity index (χ1v) is 7.74. The SMILES string of the molecule is CCN1C2CC(CN3CCC(C)CC3)CC1C2. The van der Waals surface area contributed by atoms with Gasteiger partial charge in [-0.3, -0.25) is 4.90 Å². The minimum absolute atomic E-state index is 0.951. The molecule has 2 unspecified atom stereocenters. The molecule has 4 aliphatic rings. The molecule has 3 heterocycles. The van der Waals surface area contributed by atoms with Gasteiger partial charge in [0.05, 0.1) is 0 Å². The monoisotopic (exact) mass is 236 g/mol. The standard InChI is InChI=1S/C15H28N2/c1-3-17-14-8-13(9-15(17)10-14)11-16-6-4-12(2)5-7-16/h12-15H,3-11H2,1-2H3. The van der Waals surface area contributed by atoms with Gasteiger partial charge in [-0.25, -0.2) is 0 Å². The van der Waals surface area contributed by atoms with Crippen molar-refractivity contribution in [3.05, 3.63) is 0 Å². The molecule has 2 nitrogen and oxygen atoms in total. The third kappa shape index (κ3) is 2.39. The third-order valence-electron chi connectivity index (χ3n) is 5.45. The van der Waals surface area contributed by atoms with Crippen molar-refractivity contribution in [1.29, 1.82) is 0 Å². The van der Waals surface area contributed by atoms with Crippen molar-refractivity contribution in [3.63, 3.8) is 0 Å². The zero-order valence-corrected chi connectivity index (χ0v) is 11.6. The summed E-state index contributed by atoms with van der Waals surface area (Å²) in [5.41, 5.74) is 0. The van der Waals surface area contributed by atoms with Gasteiger partial charge in [-0.05, 0) is 63.6 Å². The molecule has 17 heavy (non-hydrogen) atoms. The average molecular weight is 236 g/mol. The largest absolute Gasteiger partial charge is 0.303 e. The topological polar surface area (TPSA) is 6.48 Å². The van der Waals surface area contributed by atoms with E-state index in [2.05, 4.69) is 23.6 Å². The molecule has 2 heteroatoms. The van der Waals surface area contributed by atoms with Crippen LogP contribution < -0.4 is 0 Å². The van der Waals surface area contributed by atoms with E-state index in [1.165, 1.54) is 58.3 Å². The van der Waals surface area contributed by atoms with Crippen LogP contribution in [0.4, 0.5) is 0 Å². The fraction of sp³-hybridized carbons (Fsp3) is 1.00. The predicted molar refractivity (Wildman–Crippen MR) is 72.1 cm³/mol. The molecule has 2 atom stereocenters. The van der Waals surface area contributed by atoms with Crippen molar-refractivity contribution < 1.29 is 0 Å². The zero-order valence-electron chi connectivity index (χ0n) is 11.6.